The van der Waals surface area contributed by atoms with Crippen molar-refractivity contribution < 1.29 is 14.3 Å². The number of amides is 1. The van der Waals surface area contributed by atoms with Crippen LogP contribution in [0.25, 0.3) is 22.5 Å². The van der Waals surface area contributed by atoms with Gasteiger partial charge >= 0.3 is 0 Å². The first-order valence-electron chi connectivity index (χ1n) is 9.97. The Labute approximate surface area is 195 Å². The summed E-state index contributed by atoms with van der Waals surface area (Å²) in [6.45, 7) is 0.192. The van der Waals surface area contributed by atoms with E-state index in [1.807, 2.05) is 18.2 Å². The highest BCUT2D eigenvalue weighted by atomic mass is 35.5. The molecule has 4 rings (SSSR count). The van der Waals surface area contributed by atoms with Crippen molar-refractivity contribution in [2.24, 2.45) is 0 Å². The number of nitrogens with one attached hydrogen (secondary N) is 1. The summed E-state index contributed by atoms with van der Waals surface area (Å²) in [6, 6.07) is 12.4. The Balaban J connectivity index is 1.66. The number of pyridine rings is 4. The Hall–Kier alpha value is -4.04. The molecule has 1 amide bonds. The van der Waals surface area contributed by atoms with Gasteiger partial charge in [-0.05, 0) is 36.4 Å². The van der Waals surface area contributed by atoms with Gasteiger partial charge in [-0.1, -0.05) is 17.7 Å². The van der Waals surface area contributed by atoms with E-state index >= 15 is 0 Å². The largest absolute Gasteiger partial charge is 0.491 e. The zero-order valence-electron chi connectivity index (χ0n) is 17.9. The summed E-state index contributed by atoms with van der Waals surface area (Å²) in [6.07, 6.45) is 6.47. The molecule has 0 aliphatic carbocycles. The average molecular weight is 462 g/mol. The minimum Gasteiger partial charge on any atom is -0.491 e. The molecule has 1 N–H and O–H groups in total. The van der Waals surface area contributed by atoms with Crippen LogP contribution in [0.15, 0.2) is 67.3 Å². The molecule has 166 valence electrons. The van der Waals surface area contributed by atoms with Crippen molar-refractivity contribution >= 4 is 17.5 Å². The second kappa shape index (κ2) is 10.1. The van der Waals surface area contributed by atoms with Crippen molar-refractivity contribution in [2.45, 2.75) is 6.54 Å². The van der Waals surface area contributed by atoms with Crippen LogP contribution in [0.3, 0.4) is 0 Å². The van der Waals surface area contributed by atoms with Crippen molar-refractivity contribution in [1.29, 1.82) is 0 Å². The molecule has 0 unspecified atom stereocenters. The van der Waals surface area contributed by atoms with Crippen LogP contribution in [-0.2, 0) is 6.54 Å². The normalized spacial score (nSPS) is 10.5. The second-order valence-electron chi connectivity index (χ2n) is 6.92. The highest BCUT2D eigenvalue weighted by Crippen LogP contribution is 2.27. The lowest BCUT2D eigenvalue weighted by Crippen LogP contribution is -2.24. The summed E-state index contributed by atoms with van der Waals surface area (Å²) >= 11 is 6.08. The number of carbonyl (C=O) groups excluding carboxylic acids is 1. The third-order valence-electron chi connectivity index (χ3n) is 4.82. The lowest BCUT2D eigenvalue weighted by Gasteiger charge is -2.12. The third kappa shape index (κ3) is 5.07. The Bertz CT molecular complexity index is 1280. The fourth-order valence-corrected chi connectivity index (χ4v) is 3.39. The van der Waals surface area contributed by atoms with Gasteiger partial charge < -0.3 is 14.8 Å². The van der Waals surface area contributed by atoms with Gasteiger partial charge in [-0.15, -0.1) is 0 Å². The molecule has 0 atom stereocenters. The quantitative estimate of drug-likeness (QED) is 0.440. The van der Waals surface area contributed by atoms with Crippen molar-refractivity contribution in [3.05, 3.63) is 83.5 Å². The summed E-state index contributed by atoms with van der Waals surface area (Å²) < 4.78 is 10.4. The first-order chi connectivity index (χ1) is 16.1. The molecular weight excluding hydrogens is 442 g/mol. The van der Waals surface area contributed by atoms with Crippen LogP contribution in [0, 0.1) is 0 Å². The number of rotatable bonds is 7. The van der Waals surface area contributed by atoms with Crippen LogP contribution in [-0.4, -0.2) is 40.1 Å². The number of methoxy groups -OCH3 is 2. The van der Waals surface area contributed by atoms with Gasteiger partial charge in [0.2, 0.25) is 0 Å². The van der Waals surface area contributed by atoms with E-state index in [2.05, 4.69) is 25.3 Å². The summed E-state index contributed by atoms with van der Waals surface area (Å²) in [5.41, 5.74) is 3.54. The summed E-state index contributed by atoms with van der Waals surface area (Å²) in [5.74, 6) is 0.558. The Morgan fingerprint density at radius 3 is 2.61 bits per heavy atom. The molecule has 0 aromatic carbocycles. The molecule has 0 saturated heterocycles. The molecule has 4 aromatic rings. The SMILES string of the molecule is COc1ccc(CNC(=O)c2cc(-c3cncc(Cl)c3)ncc2-c2ccccn2)nc1OC. The van der Waals surface area contributed by atoms with Gasteiger partial charge in [-0.3, -0.25) is 19.7 Å². The minimum absolute atomic E-state index is 0.192. The smallest absolute Gasteiger partial charge is 0.257 e. The maximum absolute atomic E-state index is 13.2. The molecule has 0 radical (unpaired) electrons. The fraction of sp³-hybridized carbons (Fsp3) is 0.125. The van der Waals surface area contributed by atoms with E-state index in [0.29, 0.717) is 50.4 Å². The molecule has 33 heavy (non-hydrogen) atoms. The molecule has 4 heterocycles. The lowest BCUT2D eigenvalue weighted by molar-refractivity contribution is 0.0951. The topological polar surface area (TPSA) is 99.1 Å². The molecule has 0 fully saturated rings. The number of hydrogen-bond acceptors (Lipinski definition) is 7. The zero-order chi connectivity index (χ0) is 23.2. The molecular formula is C24H20ClN5O3. The molecule has 0 bridgehead atoms. The van der Waals surface area contributed by atoms with Crippen LogP contribution < -0.4 is 14.8 Å². The van der Waals surface area contributed by atoms with Crippen molar-refractivity contribution in [2.75, 3.05) is 14.2 Å². The van der Waals surface area contributed by atoms with E-state index in [9.17, 15) is 4.79 Å². The number of ether oxygens (including phenoxy) is 2. The highest BCUT2D eigenvalue weighted by molar-refractivity contribution is 6.30. The van der Waals surface area contributed by atoms with Crippen molar-refractivity contribution in [3.63, 3.8) is 0 Å². The van der Waals surface area contributed by atoms with Gasteiger partial charge in [0.15, 0.2) is 5.75 Å². The van der Waals surface area contributed by atoms with Gasteiger partial charge in [0.1, 0.15) is 0 Å². The van der Waals surface area contributed by atoms with Gasteiger partial charge in [0, 0.05) is 35.9 Å². The van der Waals surface area contributed by atoms with Gasteiger partial charge in [-0.25, -0.2) is 4.98 Å². The fourth-order valence-electron chi connectivity index (χ4n) is 3.21. The van der Waals surface area contributed by atoms with Gasteiger partial charge in [0.25, 0.3) is 11.8 Å². The number of carbonyl (C=O) groups is 1. The van der Waals surface area contributed by atoms with Gasteiger partial charge in [-0.2, -0.15) is 0 Å². The minimum atomic E-state index is -0.300. The second-order valence-corrected chi connectivity index (χ2v) is 7.36. The van der Waals surface area contributed by atoms with Crippen LogP contribution in [0.2, 0.25) is 5.02 Å². The lowest BCUT2D eigenvalue weighted by atomic mass is 10.0. The summed E-state index contributed by atoms with van der Waals surface area (Å²) in [5, 5.41) is 3.39. The van der Waals surface area contributed by atoms with E-state index in [0.717, 1.165) is 0 Å². The maximum atomic E-state index is 13.2. The zero-order valence-corrected chi connectivity index (χ0v) is 18.7. The predicted molar refractivity (Wildman–Crippen MR) is 124 cm³/mol. The molecule has 0 aliphatic rings. The van der Waals surface area contributed by atoms with Crippen LogP contribution in [0.1, 0.15) is 16.1 Å². The number of halogens is 1. The summed E-state index contributed by atoms with van der Waals surface area (Å²) in [4.78, 5) is 30.6. The Kier molecular flexibility index (Phi) is 6.75. The predicted octanol–water partition coefficient (Wildman–Crippen LogP) is 4.20. The molecule has 9 heteroatoms. The van der Waals surface area contributed by atoms with E-state index in [4.69, 9.17) is 21.1 Å². The molecule has 0 aliphatic heterocycles. The summed E-state index contributed by atoms with van der Waals surface area (Å²) in [7, 11) is 3.05. The number of nitrogens with zero attached hydrogens (tertiary/aromatic N) is 4. The Morgan fingerprint density at radius 1 is 1.00 bits per heavy atom. The van der Waals surface area contributed by atoms with Crippen molar-refractivity contribution in [1.82, 2.24) is 25.3 Å². The van der Waals surface area contributed by atoms with Crippen LogP contribution in [0.5, 0.6) is 11.6 Å². The van der Waals surface area contributed by atoms with E-state index in [1.165, 1.54) is 20.4 Å². The average Bonchev–Trinajstić information content (AvgIpc) is 2.87. The molecule has 4 aromatic heterocycles. The standard InChI is InChI=1S/C24H20ClN5O3/c1-32-22-7-6-17(30-24(22)33-2)13-29-23(31)18-10-21(15-9-16(25)12-26-11-15)28-14-19(18)20-5-3-4-8-27-20/h3-12,14H,13H2,1-2H3,(H,29,31). The molecule has 0 saturated carbocycles. The monoisotopic (exact) mass is 461 g/mol. The van der Waals surface area contributed by atoms with Crippen LogP contribution in [0.4, 0.5) is 0 Å². The maximum Gasteiger partial charge on any atom is 0.257 e. The van der Waals surface area contributed by atoms with Crippen molar-refractivity contribution in [3.8, 4) is 34.1 Å². The molecule has 0 spiro atoms. The number of aromatic nitrogens is 4. The van der Waals surface area contributed by atoms with Crippen LogP contribution >= 0.6 is 11.6 Å². The van der Waals surface area contributed by atoms with E-state index in [-0.39, 0.29) is 12.5 Å². The highest BCUT2D eigenvalue weighted by Gasteiger charge is 2.17. The molecule has 8 nitrogen and oxygen atoms in total. The first kappa shape index (κ1) is 22.2. The van der Waals surface area contributed by atoms with Gasteiger partial charge in [0.05, 0.1) is 48.4 Å². The van der Waals surface area contributed by atoms with E-state index in [1.54, 1.807) is 42.9 Å². The Morgan fingerprint density at radius 2 is 1.88 bits per heavy atom. The third-order valence-corrected chi connectivity index (χ3v) is 5.02. The number of hydrogen-bond donors (Lipinski definition) is 1. The van der Waals surface area contributed by atoms with E-state index < -0.39 is 0 Å². The first-order valence-corrected chi connectivity index (χ1v) is 10.4.